The molecule has 0 saturated carbocycles. The first-order valence-corrected chi connectivity index (χ1v) is 13.2. The Labute approximate surface area is 255 Å². The molecule has 0 aliphatic rings. The molecule has 0 heterocycles. The van der Waals surface area contributed by atoms with E-state index in [9.17, 15) is 0 Å². The number of hydrogen-bond acceptors (Lipinski definition) is 4. The monoisotopic (exact) mass is 608 g/mol. The van der Waals surface area contributed by atoms with Gasteiger partial charge in [-0.05, 0) is 22.3 Å². The maximum Gasteiger partial charge on any atom is 0.0417 e. The third-order valence-electron chi connectivity index (χ3n) is 5.38. The van der Waals surface area contributed by atoms with Gasteiger partial charge in [0.2, 0.25) is 0 Å². The summed E-state index contributed by atoms with van der Waals surface area (Å²) in [6.45, 7) is 3.05. The van der Waals surface area contributed by atoms with E-state index in [2.05, 4.69) is 48.5 Å². The van der Waals surface area contributed by atoms with E-state index in [-0.39, 0.29) is 19.5 Å². The average molecular weight is 610 g/mol. The number of benzene rings is 4. The van der Waals surface area contributed by atoms with Crippen LogP contribution in [0.25, 0.3) is 0 Å². The zero-order valence-corrected chi connectivity index (χ0v) is 26.8. The van der Waals surface area contributed by atoms with Crippen molar-refractivity contribution in [2.45, 2.75) is 26.2 Å². The Morgan fingerprint density at radius 2 is 0.622 bits per heavy atom. The molecule has 0 aliphatic carbocycles. The van der Waals surface area contributed by atoms with Crippen LogP contribution in [0.1, 0.15) is 22.3 Å². The van der Waals surface area contributed by atoms with Crippen molar-refractivity contribution in [2.75, 3.05) is 0 Å². The van der Waals surface area contributed by atoms with Crippen molar-refractivity contribution in [3.63, 3.8) is 0 Å². The Bertz CT molecular complexity index is 1010. The largest absolute Gasteiger partial charge is 0.411 e. The van der Waals surface area contributed by atoms with Crippen molar-refractivity contribution in [1.29, 1.82) is 0 Å². The van der Waals surface area contributed by atoms with E-state index in [4.69, 9.17) is 49.7 Å². The molecule has 0 bridgehead atoms. The van der Waals surface area contributed by atoms with Crippen LogP contribution in [0, 0.1) is 0 Å². The van der Waals surface area contributed by atoms with Crippen molar-refractivity contribution >= 4 is 58.3 Å². The molecule has 0 amide bonds. The summed E-state index contributed by atoms with van der Waals surface area (Å²) in [6, 6.07) is 41.0. The second-order valence-electron chi connectivity index (χ2n) is 8.19. The van der Waals surface area contributed by atoms with Crippen molar-refractivity contribution in [1.82, 2.24) is 9.80 Å². The van der Waals surface area contributed by atoms with Gasteiger partial charge in [0, 0.05) is 45.7 Å². The van der Waals surface area contributed by atoms with Crippen LogP contribution in [0.5, 0.6) is 0 Å². The van der Waals surface area contributed by atoms with Crippen molar-refractivity contribution < 1.29 is 19.5 Å². The minimum absolute atomic E-state index is 0. The van der Waals surface area contributed by atoms with Crippen molar-refractivity contribution in [3.05, 3.63) is 144 Å². The van der Waals surface area contributed by atoms with Crippen LogP contribution in [0.15, 0.2) is 121 Å². The summed E-state index contributed by atoms with van der Waals surface area (Å²) in [5, 5.41) is 0. The fourth-order valence-corrected chi connectivity index (χ4v) is 4.10. The van der Waals surface area contributed by atoms with Gasteiger partial charge in [-0.2, -0.15) is 0 Å². The third-order valence-corrected chi connectivity index (χ3v) is 6.41. The van der Waals surface area contributed by atoms with Crippen LogP contribution >= 0.6 is 24.4 Å². The molecule has 2 nitrogen and oxygen atoms in total. The summed E-state index contributed by atoms with van der Waals surface area (Å²) in [5.74, 6) is 0. The van der Waals surface area contributed by atoms with Gasteiger partial charge >= 0.3 is 0 Å². The number of thiocarbonyl (C=S) groups is 2. The first-order valence-electron chi connectivity index (χ1n) is 11.6. The fraction of sp³-hybridized carbons (Fsp3) is 0.133. The van der Waals surface area contributed by atoms with Crippen LogP contribution in [-0.4, -0.2) is 18.4 Å². The first-order chi connectivity index (χ1) is 17.5. The van der Waals surface area contributed by atoms with Crippen LogP contribution in [0.2, 0.25) is 0 Å². The van der Waals surface area contributed by atoms with Gasteiger partial charge in [-0.1, -0.05) is 130 Å². The quantitative estimate of drug-likeness (QED) is 0.119. The standard InChI is InChI=1S/2C15H15NS2.Zn/c2*17-15(18)16(11-13-7-3-1-4-8-13)12-14-9-5-2-6-10-14;/h2*1-10H,11-12H2,(H,17,18);/p-2. The fourth-order valence-electron chi connectivity index (χ4n) is 3.59. The molecule has 4 rings (SSSR count). The maximum absolute atomic E-state index is 5.16. The minimum atomic E-state index is 0. The Kier molecular flexibility index (Phi) is 14.4. The third kappa shape index (κ3) is 11.8. The van der Waals surface area contributed by atoms with Crippen LogP contribution in [0.4, 0.5) is 0 Å². The zero-order chi connectivity index (χ0) is 25.6. The minimum Gasteiger partial charge on any atom is -0.411 e. The molecule has 186 valence electrons. The summed E-state index contributed by atoms with van der Waals surface area (Å²) < 4.78 is 1.03. The SMILES string of the molecule is S=C([S-])N(Cc1ccccc1)Cc1ccccc1.S=C([S-])N(Cc1ccccc1)Cc1ccccc1.[Zn]. The average Bonchev–Trinajstić information content (AvgIpc) is 2.91. The molecule has 4 aromatic rings. The van der Waals surface area contributed by atoms with Crippen LogP contribution in [-0.2, 0) is 70.9 Å². The number of hydrogen-bond donors (Lipinski definition) is 0. The predicted molar refractivity (Wildman–Crippen MR) is 164 cm³/mol. The van der Waals surface area contributed by atoms with Gasteiger partial charge in [-0.25, -0.2) is 0 Å². The van der Waals surface area contributed by atoms with Gasteiger partial charge in [0.1, 0.15) is 0 Å². The van der Waals surface area contributed by atoms with Gasteiger partial charge in [0.25, 0.3) is 0 Å². The van der Waals surface area contributed by atoms with Gasteiger partial charge in [-0.15, -0.1) is 0 Å². The van der Waals surface area contributed by atoms with E-state index >= 15 is 0 Å². The summed E-state index contributed by atoms with van der Waals surface area (Å²) in [4.78, 5) is 4.07. The molecule has 0 saturated heterocycles. The molecule has 7 heteroatoms. The summed E-state index contributed by atoms with van der Waals surface area (Å²) in [5.41, 5.74) is 4.89. The Hall–Kier alpha value is -2.28. The Morgan fingerprint density at radius 1 is 0.432 bits per heavy atom. The smallest absolute Gasteiger partial charge is 0.0417 e. The van der Waals surface area contributed by atoms with E-state index in [1.54, 1.807) is 0 Å². The molecule has 0 fully saturated rings. The molecule has 37 heavy (non-hydrogen) atoms. The number of nitrogens with zero attached hydrogens (tertiary/aromatic N) is 2. The van der Waals surface area contributed by atoms with Crippen molar-refractivity contribution in [2.24, 2.45) is 0 Å². The first kappa shape index (κ1) is 30.9. The molecule has 0 N–H and O–H groups in total. The van der Waals surface area contributed by atoms with E-state index in [1.165, 1.54) is 22.3 Å². The normalized spacial score (nSPS) is 9.73. The predicted octanol–water partition coefficient (Wildman–Crippen LogP) is 7.04. The molecule has 0 unspecified atom stereocenters. The van der Waals surface area contributed by atoms with Crippen molar-refractivity contribution in [3.8, 4) is 0 Å². The van der Waals surface area contributed by atoms with Crippen LogP contribution in [0.3, 0.4) is 0 Å². The second kappa shape index (κ2) is 17.3. The Balaban J connectivity index is 0.000000253. The second-order valence-corrected chi connectivity index (χ2v) is 10.2. The molecule has 0 aliphatic heterocycles. The van der Waals surface area contributed by atoms with Gasteiger partial charge in [-0.3, -0.25) is 0 Å². The molecule has 0 aromatic heterocycles. The maximum atomic E-state index is 5.16. The van der Waals surface area contributed by atoms with Crippen LogP contribution < -0.4 is 0 Å². The molecular formula is C30H28N2S4Zn-2. The van der Waals surface area contributed by atoms with Gasteiger partial charge in [0.05, 0.1) is 0 Å². The summed E-state index contributed by atoms with van der Waals surface area (Å²) in [6.07, 6.45) is 0. The van der Waals surface area contributed by atoms with E-state index in [0.717, 1.165) is 26.2 Å². The van der Waals surface area contributed by atoms with E-state index in [1.807, 2.05) is 82.6 Å². The molecule has 0 spiro atoms. The Morgan fingerprint density at radius 3 is 0.784 bits per heavy atom. The molecule has 4 aromatic carbocycles. The number of rotatable bonds is 8. The van der Waals surface area contributed by atoms with E-state index < -0.39 is 0 Å². The van der Waals surface area contributed by atoms with Gasteiger partial charge < -0.3 is 59.5 Å². The molecule has 0 atom stereocenters. The summed E-state index contributed by atoms with van der Waals surface area (Å²) in [7, 11) is 0. The van der Waals surface area contributed by atoms with Gasteiger partial charge in [0.15, 0.2) is 0 Å². The molecule has 0 radical (unpaired) electrons. The molecular weight excluding hydrogens is 582 g/mol. The van der Waals surface area contributed by atoms with E-state index in [0.29, 0.717) is 8.64 Å². The topological polar surface area (TPSA) is 6.48 Å². The zero-order valence-electron chi connectivity index (χ0n) is 20.6. The summed E-state index contributed by atoms with van der Waals surface area (Å²) >= 11 is 20.6.